The van der Waals surface area contributed by atoms with E-state index in [-0.39, 0.29) is 5.91 Å². The first-order valence-electron chi connectivity index (χ1n) is 12.1. The van der Waals surface area contributed by atoms with Crippen LogP contribution < -0.4 is 10.1 Å². The van der Waals surface area contributed by atoms with Gasteiger partial charge in [-0.2, -0.15) is 0 Å². The third-order valence-electron chi connectivity index (χ3n) is 6.34. The average Bonchev–Trinajstić information content (AvgIpc) is 2.89. The van der Waals surface area contributed by atoms with Gasteiger partial charge in [-0.3, -0.25) is 9.69 Å². The van der Waals surface area contributed by atoms with Crippen molar-refractivity contribution in [2.75, 3.05) is 33.4 Å². The second-order valence-electron chi connectivity index (χ2n) is 8.84. The van der Waals surface area contributed by atoms with Gasteiger partial charge in [-0.25, -0.2) is 0 Å². The molecule has 1 aliphatic heterocycles. The van der Waals surface area contributed by atoms with E-state index in [2.05, 4.69) is 41.5 Å². The van der Waals surface area contributed by atoms with Gasteiger partial charge in [0.05, 0.1) is 6.42 Å². The van der Waals surface area contributed by atoms with Gasteiger partial charge in [0, 0.05) is 32.3 Å². The van der Waals surface area contributed by atoms with Crippen LogP contribution in [0.15, 0.2) is 78.9 Å². The number of ether oxygens (including phenoxy) is 2. The average molecular weight is 459 g/mol. The van der Waals surface area contributed by atoms with Gasteiger partial charge in [-0.05, 0) is 54.3 Å². The molecular weight excluding hydrogens is 424 g/mol. The van der Waals surface area contributed by atoms with Crippen LogP contribution in [0.2, 0.25) is 0 Å². The van der Waals surface area contributed by atoms with E-state index in [9.17, 15) is 4.79 Å². The molecule has 0 aromatic heterocycles. The quantitative estimate of drug-likeness (QED) is 0.478. The van der Waals surface area contributed by atoms with E-state index >= 15 is 0 Å². The van der Waals surface area contributed by atoms with E-state index in [1.54, 1.807) is 0 Å². The fourth-order valence-corrected chi connectivity index (χ4v) is 4.26. The number of amides is 1. The first-order valence-corrected chi connectivity index (χ1v) is 12.1. The third-order valence-corrected chi connectivity index (χ3v) is 6.34. The van der Waals surface area contributed by atoms with Crippen molar-refractivity contribution in [1.29, 1.82) is 0 Å². The molecule has 4 rings (SSSR count). The molecule has 0 aliphatic carbocycles. The standard InChI is InChI=1S/C29H34N2O3/c1-31(27-14-17-33-18-15-27)16-19-34-28-9-5-6-24(20-28)22-30-29(32)21-23-10-12-26(13-11-23)25-7-3-2-4-8-25/h2-13,20,27H,14-19,21-22H2,1H3,(H,30,32). The lowest BCUT2D eigenvalue weighted by Crippen LogP contribution is -2.38. The Labute approximate surface area is 202 Å². The molecule has 0 radical (unpaired) electrons. The highest BCUT2D eigenvalue weighted by Gasteiger charge is 2.18. The maximum atomic E-state index is 12.5. The molecule has 1 N–H and O–H groups in total. The van der Waals surface area contributed by atoms with Crippen LogP contribution in [0.1, 0.15) is 24.0 Å². The summed E-state index contributed by atoms with van der Waals surface area (Å²) < 4.78 is 11.4. The van der Waals surface area contributed by atoms with Gasteiger partial charge in [0.2, 0.25) is 5.91 Å². The number of benzene rings is 3. The normalized spacial score (nSPS) is 14.2. The summed E-state index contributed by atoms with van der Waals surface area (Å²) in [7, 11) is 2.15. The van der Waals surface area contributed by atoms with E-state index in [4.69, 9.17) is 9.47 Å². The maximum Gasteiger partial charge on any atom is 0.224 e. The highest BCUT2D eigenvalue weighted by atomic mass is 16.5. The molecule has 1 heterocycles. The van der Waals surface area contributed by atoms with Gasteiger partial charge in [-0.15, -0.1) is 0 Å². The van der Waals surface area contributed by atoms with Crippen LogP contribution in [-0.2, 0) is 22.5 Å². The number of carbonyl (C=O) groups excluding carboxylic acids is 1. The van der Waals surface area contributed by atoms with Crippen molar-refractivity contribution in [3.63, 3.8) is 0 Å². The van der Waals surface area contributed by atoms with Gasteiger partial charge in [0.25, 0.3) is 0 Å². The topological polar surface area (TPSA) is 50.8 Å². The molecule has 1 aliphatic rings. The van der Waals surface area contributed by atoms with E-state index < -0.39 is 0 Å². The Bertz CT molecular complexity index is 1030. The summed E-state index contributed by atoms with van der Waals surface area (Å²) in [5.41, 5.74) is 4.36. The lowest BCUT2D eigenvalue weighted by atomic mass is 10.0. The summed E-state index contributed by atoms with van der Waals surface area (Å²) in [4.78, 5) is 14.8. The largest absolute Gasteiger partial charge is 0.492 e. The fourth-order valence-electron chi connectivity index (χ4n) is 4.26. The lowest BCUT2D eigenvalue weighted by molar-refractivity contribution is -0.120. The molecule has 3 aromatic rings. The van der Waals surface area contributed by atoms with E-state index in [1.165, 1.54) is 5.56 Å². The number of carbonyl (C=O) groups is 1. The minimum absolute atomic E-state index is 0.0110. The Morgan fingerprint density at radius 1 is 0.941 bits per heavy atom. The molecule has 0 bridgehead atoms. The van der Waals surface area contributed by atoms with E-state index in [0.29, 0.717) is 25.6 Å². The molecule has 0 unspecified atom stereocenters. The molecule has 1 fully saturated rings. The highest BCUT2D eigenvalue weighted by Crippen LogP contribution is 2.19. The van der Waals surface area contributed by atoms with Crippen molar-refractivity contribution in [3.8, 4) is 16.9 Å². The van der Waals surface area contributed by atoms with E-state index in [0.717, 1.165) is 55.0 Å². The molecule has 0 atom stereocenters. The SMILES string of the molecule is CN(CCOc1cccc(CNC(=O)Cc2ccc(-c3ccccc3)cc2)c1)C1CCOCC1. The Morgan fingerprint density at radius 3 is 2.44 bits per heavy atom. The molecule has 1 amide bonds. The number of hydrogen-bond donors (Lipinski definition) is 1. The first-order chi connectivity index (χ1) is 16.7. The van der Waals surface area contributed by atoms with Crippen molar-refractivity contribution in [2.24, 2.45) is 0 Å². The molecular formula is C29H34N2O3. The van der Waals surface area contributed by atoms with Crippen LogP contribution in [0.4, 0.5) is 0 Å². The predicted molar refractivity (Wildman–Crippen MR) is 136 cm³/mol. The van der Waals surface area contributed by atoms with Crippen LogP contribution in [0.25, 0.3) is 11.1 Å². The highest BCUT2D eigenvalue weighted by molar-refractivity contribution is 5.78. The Kier molecular flexibility index (Phi) is 8.71. The van der Waals surface area contributed by atoms with Crippen LogP contribution in [-0.4, -0.2) is 50.3 Å². The molecule has 0 saturated carbocycles. The van der Waals surface area contributed by atoms with Gasteiger partial charge >= 0.3 is 0 Å². The maximum absolute atomic E-state index is 12.5. The van der Waals surface area contributed by atoms with Gasteiger partial charge in [0.1, 0.15) is 12.4 Å². The Hall–Kier alpha value is -3.15. The van der Waals surface area contributed by atoms with Gasteiger partial charge in [-0.1, -0.05) is 66.7 Å². The fraction of sp³-hybridized carbons (Fsp3) is 0.345. The second-order valence-corrected chi connectivity index (χ2v) is 8.84. The molecule has 5 heteroatoms. The summed E-state index contributed by atoms with van der Waals surface area (Å²) >= 11 is 0. The zero-order chi connectivity index (χ0) is 23.6. The number of nitrogens with zero attached hydrogens (tertiary/aromatic N) is 1. The minimum atomic E-state index is 0.0110. The Balaban J connectivity index is 1.20. The van der Waals surface area contributed by atoms with Crippen molar-refractivity contribution >= 4 is 5.91 Å². The summed E-state index contributed by atoms with van der Waals surface area (Å²) in [5.74, 6) is 0.848. The summed E-state index contributed by atoms with van der Waals surface area (Å²) in [5, 5.41) is 3.02. The van der Waals surface area contributed by atoms with Crippen LogP contribution >= 0.6 is 0 Å². The van der Waals surface area contributed by atoms with Crippen molar-refractivity contribution in [2.45, 2.75) is 31.8 Å². The predicted octanol–water partition coefficient (Wildman–Crippen LogP) is 4.70. The number of likely N-dealkylation sites (N-methyl/N-ethyl adjacent to an activating group) is 1. The monoisotopic (exact) mass is 458 g/mol. The molecule has 178 valence electrons. The van der Waals surface area contributed by atoms with Crippen LogP contribution in [0.3, 0.4) is 0 Å². The zero-order valence-electron chi connectivity index (χ0n) is 19.9. The van der Waals surface area contributed by atoms with Gasteiger partial charge in [0.15, 0.2) is 0 Å². The number of rotatable bonds is 10. The summed E-state index contributed by atoms with van der Waals surface area (Å²) in [6, 6.07) is 27.0. The van der Waals surface area contributed by atoms with Gasteiger partial charge < -0.3 is 14.8 Å². The van der Waals surface area contributed by atoms with Crippen molar-refractivity contribution in [3.05, 3.63) is 90.0 Å². The second kappa shape index (κ2) is 12.4. The lowest BCUT2D eigenvalue weighted by Gasteiger charge is -2.31. The molecule has 34 heavy (non-hydrogen) atoms. The smallest absolute Gasteiger partial charge is 0.224 e. The Morgan fingerprint density at radius 2 is 1.68 bits per heavy atom. The van der Waals surface area contributed by atoms with Crippen molar-refractivity contribution < 1.29 is 14.3 Å². The van der Waals surface area contributed by atoms with E-state index in [1.807, 2.05) is 54.6 Å². The third kappa shape index (κ3) is 7.17. The molecule has 1 saturated heterocycles. The number of nitrogens with one attached hydrogen (secondary N) is 1. The first kappa shape index (κ1) is 24.0. The number of hydrogen-bond acceptors (Lipinski definition) is 4. The summed E-state index contributed by atoms with van der Waals surface area (Å²) in [6.45, 7) is 3.71. The summed E-state index contributed by atoms with van der Waals surface area (Å²) in [6.07, 6.45) is 2.54. The minimum Gasteiger partial charge on any atom is -0.492 e. The zero-order valence-corrected chi connectivity index (χ0v) is 19.9. The van der Waals surface area contributed by atoms with Crippen LogP contribution in [0, 0.1) is 0 Å². The molecule has 5 nitrogen and oxygen atoms in total. The molecule has 0 spiro atoms. The molecule has 3 aromatic carbocycles. The van der Waals surface area contributed by atoms with Crippen LogP contribution in [0.5, 0.6) is 5.75 Å². The van der Waals surface area contributed by atoms with Crippen molar-refractivity contribution in [1.82, 2.24) is 10.2 Å².